The average Bonchev–Trinajstić information content (AvgIpc) is 3.25. The SMILES string of the molecule is CC=Cc1cc(OC)c2c(c1)[C@H](C)[C@@H](c1cc(OC)c3c(c1)OCO3)O2. The van der Waals surface area contributed by atoms with Crippen LogP contribution in [0.25, 0.3) is 6.08 Å². The summed E-state index contributed by atoms with van der Waals surface area (Å²) in [6, 6.07) is 8.08. The van der Waals surface area contributed by atoms with Gasteiger partial charge in [0.15, 0.2) is 23.0 Å². The standard InChI is InChI=1S/C21H22O5/c1-5-6-13-7-15-12(2)19(26-20(15)16(8-13)22-3)14-9-17(23-4)21-18(10-14)24-11-25-21/h5-10,12,19H,11H2,1-4H3/t12-,19-/m0/s1. The molecular formula is C21H22O5. The van der Waals surface area contributed by atoms with Crippen LogP contribution in [0.4, 0.5) is 0 Å². The van der Waals surface area contributed by atoms with Crippen molar-refractivity contribution in [1.82, 2.24) is 0 Å². The Morgan fingerprint density at radius 1 is 1.00 bits per heavy atom. The maximum Gasteiger partial charge on any atom is 0.231 e. The van der Waals surface area contributed by atoms with Crippen LogP contribution in [0, 0.1) is 0 Å². The first-order chi connectivity index (χ1) is 12.7. The Labute approximate surface area is 153 Å². The summed E-state index contributed by atoms with van der Waals surface area (Å²) >= 11 is 0. The molecule has 5 heteroatoms. The van der Waals surface area contributed by atoms with Gasteiger partial charge < -0.3 is 23.7 Å². The molecule has 4 rings (SSSR count). The van der Waals surface area contributed by atoms with Gasteiger partial charge in [-0.3, -0.25) is 0 Å². The molecule has 0 spiro atoms. The van der Waals surface area contributed by atoms with Crippen molar-refractivity contribution in [2.24, 2.45) is 0 Å². The lowest BCUT2D eigenvalue weighted by Gasteiger charge is -2.17. The van der Waals surface area contributed by atoms with Crippen LogP contribution < -0.4 is 23.7 Å². The van der Waals surface area contributed by atoms with Gasteiger partial charge in [-0.1, -0.05) is 19.1 Å². The van der Waals surface area contributed by atoms with Gasteiger partial charge in [-0.05, 0) is 36.8 Å². The van der Waals surface area contributed by atoms with E-state index >= 15 is 0 Å². The molecule has 2 aromatic rings. The summed E-state index contributed by atoms with van der Waals surface area (Å²) < 4.78 is 28.4. The molecule has 2 heterocycles. The quantitative estimate of drug-likeness (QED) is 0.796. The van der Waals surface area contributed by atoms with Gasteiger partial charge in [0.25, 0.3) is 0 Å². The van der Waals surface area contributed by atoms with Gasteiger partial charge in [0.05, 0.1) is 14.2 Å². The number of rotatable bonds is 4. The van der Waals surface area contributed by atoms with E-state index in [9.17, 15) is 0 Å². The molecule has 0 fully saturated rings. The van der Waals surface area contributed by atoms with E-state index in [1.807, 2.05) is 31.2 Å². The highest BCUT2D eigenvalue weighted by atomic mass is 16.7. The predicted molar refractivity (Wildman–Crippen MR) is 98.6 cm³/mol. The monoisotopic (exact) mass is 354 g/mol. The molecule has 0 radical (unpaired) electrons. The van der Waals surface area contributed by atoms with Crippen LogP contribution in [0.3, 0.4) is 0 Å². The average molecular weight is 354 g/mol. The molecule has 136 valence electrons. The van der Waals surface area contributed by atoms with Crippen molar-refractivity contribution < 1.29 is 23.7 Å². The molecule has 0 amide bonds. The smallest absolute Gasteiger partial charge is 0.231 e. The molecule has 5 nitrogen and oxygen atoms in total. The Balaban J connectivity index is 1.76. The minimum absolute atomic E-state index is 0.150. The number of hydrogen-bond acceptors (Lipinski definition) is 5. The summed E-state index contributed by atoms with van der Waals surface area (Å²) in [5.74, 6) is 3.70. The van der Waals surface area contributed by atoms with Crippen molar-refractivity contribution in [3.05, 3.63) is 47.0 Å². The third kappa shape index (κ3) is 2.55. The maximum absolute atomic E-state index is 6.32. The lowest BCUT2D eigenvalue weighted by atomic mass is 9.91. The van der Waals surface area contributed by atoms with E-state index in [1.165, 1.54) is 0 Å². The Morgan fingerprint density at radius 2 is 1.77 bits per heavy atom. The number of methoxy groups -OCH3 is 2. The highest BCUT2D eigenvalue weighted by molar-refractivity contribution is 5.63. The van der Waals surface area contributed by atoms with E-state index in [1.54, 1.807) is 14.2 Å². The van der Waals surface area contributed by atoms with Gasteiger partial charge in [0.2, 0.25) is 12.5 Å². The normalized spacial score (nSPS) is 20.2. The lowest BCUT2D eigenvalue weighted by Crippen LogP contribution is -2.07. The van der Waals surface area contributed by atoms with E-state index in [0.29, 0.717) is 17.2 Å². The molecule has 26 heavy (non-hydrogen) atoms. The van der Waals surface area contributed by atoms with Gasteiger partial charge >= 0.3 is 0 Å². The summed E-state index contributed by atoms with van der Waals surface area (Å²) in [5.41, 5.74) is 3.23. The summed E-state index contributed by atoms with van der Waals surface area (Å²) in [4.78, 5) is 0. The molecule has 0 N–H and O–H groups in total. The van der Waals surface area contributed by atoms with Gasteiger partial charge in [0.1, 0.15) is 6.10 Å². The van der Waals surface area contributed by atoms with Gasteiger partial charge in [-0.15, -0.1) is 0 Å². The van der Waals surface area contributed by atoms with Crippen LogP contribution in [-0.2, 0) is 0 Å². The third-order valence-electron chi connectivity index (χ3n) is 4.88. The number of ether oxygens (including phenoxy) is 5. The van der Waals surface area contributed by atoms with Crippen LogP contribution in [0.2, 0.25) is 0 Å². The van der Waals surface area contributed by atoms with Crippen LogP contribution in [0.1, 0.15) is 42.6 Å². The number of benzene rings is 2. The van der Waals surface area contributed by atoms with E-state index in [-0.39, 0.29) is 18.8 Å². The molecule has 2 atom stereocenters. The molecule has 0 bridgehead atoms. The molecular weight excluding hydrogens is 332 g/mol. The predicted octanol–water partition coefficient (Wildman–Crippen LogP) is 4.70. The van der Waals surface area contributed by atoms with Crippen LogP contribution in [0.15, 0.2) is 30.3 Å². The first-order valence-electron chi connectivity index (χ1n) is 8.65. The molecule has 0 aliphatic carbocycles. The molecule has 2 aliphatic heterocycles. The molecule has 0 saturated heterocycles. The Kier molecular flexibility index (Phi) is 4.15. The molecule has 0 aromatic heterocycles. The summed E-state index contributed by atoms with van der Waals surface area (Å²) in [7, 11) is 3.29. The van der Waals surface area contributed by atoms with Gasteiger partial charge in [-0.2, -0.15) is 0 Å². The zero-order chi connectivity index (χ0) is 18.3. The van der Waals surface area contributed by atoms with E-state index < -0.39 is 0 Å². The lowest BCUT2D eigenvalue weighted by molar-refractivity contribution is 0.171. The van der Waals surface area contributed by atoms with Crippen molar-refractivity contribution in [2.75, 3.05) is 21.0 Å². The van der Waals surface area contributed by atoms with E-state index in [4.69, 9.17) is 23.7 Å². The highest BCUT2D eigenvalue weighted by Crippen LogP contribution is 2.53. The van der Waals surface area contributed by atoms with Crippen molar-refractivity contribution >= 4 is 6.08 Å². The Morgan fingerprint density at radius 3 is 2.50 bits per heavy atom. The van der Waals surface area contributed by atoms with Crippen LogP contribution in [0.5, 0.6) is 28.7 Å². The second kappa shape index (κ2) is 6.48. The van der Waals surface area contributed by atoms with Crippen LogP contribution in [-0.4, -0.2) is 21.0 Å². The van der Waals surface area contributed by atoms with Gasteiger partial charge in [-0.25, -0.2) is 0 Å². The summed E-state index contributed by atoms with van der Waals surface area (Å²) in [5, 5.41) is 0. The Hall–Kier alpha value is -2.82. The van der Waals surface area contributed by atoms with E-state index in [2.05, 4.69) is 19.1 Å². The molecule has 0 unspecified atom stereocenters. The fraction of sp³-hybridized carbons (Fsp3) is 0.333. The fourth-order valence-corrected chi connectivity index (χ4v) is 3.61. The number of hydrogen-bond donors (Lipinski definition) is 0. The zero-order valence-corrected chi connectivity index (χ0v) is 15.4. The zero-order valence-electron chi connectivity index (χ0n) is 15.4. The fourth-order valence-electron chi connectivity index (χ4n) is 3.61. The summed E-state index contributed by atoms with van der Waals surface area (Å²) in [6.07, 6.45) is 3.93. The molecule has 2 aliphatic rings. The number of fused-ring (bicyclic) bond motifs is 2. The second-order valence-electron chi connectivity index (χ2n) is 6.43. The largest absolute Gasteiger partial charge is 0.493 e. The van der Waals surface area contributed by atoms with Crippen molar-refractivity contribution in [3.8, 4) is 28.7 Å². The highest BCUT2D eigenvalue weighted by Gasteiger charge is 2.36. The topological polar surface area (TPSA) is 46.2 Å². The molecule has 0 saturated carbocycles. The first-order valence-corrected chi connectivity index (χ1v) is 8.65. The Bertz CT molecular complexity index is 871. The minimum Gasteiger partial charge on any atom is -0.493 e. The maximum atomic E-state index is 6.32. The van der Waals surface area contributed by atoms with Gasteiger partial charge in [0, 0.05) is 17.0 Å². The minimum atomic E-state index is -0.150. The number of allylic oxidation sites excluding steroid dienone is 1. The van der Waals surface area contributed by atoms with Crippen LogP contribution >= 0.6 is 0 Å². The van der Waals surface area contributed by atoms with Crippen molar-refractivity contribution in [1.29, 1.82) is 0 Å². The first kappa shape index (κ1) is 16.6. The summed E-state index contributed by atoms with van der Waals surface area (Å²) in [6.45, 7) is 4.37. The van der Waals surface area contributed by atoms with Crippen molar-refractivity contribution in [3.63, 3.8) is 0 Å². The van der Waals surface area contributed by atoms with E-state index in [0.717, 1.165) is 28.2 Å². The van der Waals surface area contributed by atoms with Crippen molar-refractivity contribution in [2.45, 2.75) is 25.9 Å². The third-order valence-corrected chi connectivity index (χ3v) is 4.88. The molecule has 2 aromatic carbocycles. The second-order valence-corrected chi connectivity index (χ2v) is 6.43.